The second kappa shape index (κ2) is 4.57. The van der Waals surface area contributed by atoms with Gasteiger partial charge in [-0.1, -0.05) is 26.8 Å². The summed E-state index contributed by atoms with van der Waals surface area (Å²) in [7, 11) is 0. The molecule has 0 spiro atoms. The molecular formula is C14H22N2O. The van der Waals surface area contributed by atoms with Crippen molar-refractivity contribution in [2.45, 2.75) is 52.0 Å². The van der Waals surface area contributed by atoms with Crippen LogP contribution in [0.1, 0.15) is 45.9 Å². The minimum Gasteiger partial charge on any atom is -0.319 e. The molecule has 1 rings (SSSR count). The third-order valence-electron chi connectivity index (χ3n) is 2.75. The Morgan fingerprint density at radius 3 is 2.18 bits per heavy atom. The quantitative estimate of drug-likeness (QED) is 0.872. The zero-order valence-electron chi connectivity index (χ0n) is 11.4. The average Bonchev–Trinajstić information content (AvgIpc) is 2.15. The molecule has 0 aliphatic rings. The molecule has 0 radical (unpaired) electrons. The smallest absolute Gasteiger partial charge is 0.158 e. The van der Waals surface area contributed by atoms with Gasteiger partial charge in [0.25, 0.3) is 0 Å². The average molecular weight is 234 g/mol. The van der Waals surface area contributed by atoms with Crippen LogP contribution in [0.5, 0.6) is 0 Å². The summed E-state index contributed by atoms with van der Waals surface area (Å²) in [5.74, 6) is 0.00788. The number of carbonyl (C=O) groups is 1. The number of carbonyl (C=O) groups excluding carboxylic acids is 1. The molecule has 1 aromatic rings. The lowest BCUT2D eigenvalue weighted by Gasteiger charge is -2.19. The monoisotopic (exact) mass is 234 g/mol. The van der Waals surface area contributed by atoms with E-state index in [2.05, 4.69) is 25.8 Å². The number of hydrogen-bond donors (Lipinski definition) is 1. The number of aromatic nitrogens is 1. The van der Waals surface area contributed by atoms with Gasteiger partial charge in [-0.15, -0.1) is 0 Å². The van der Waals surface area contributed by atoms with E-state index >= 15 is 0 Å². The number of ketones is 1. The first-order chi connectivity index (χ1) is 7.60. The topological polar surface area (TPSA) is 56.0 Å². The van der Waals surface area contributed by atoms with Gasteiger partial charge in [0.1, 0.15) is 0 Å². The van der Waals surface area contributed by atoms with Gasteiger partial charge >= 0.3 is 0 Å². The van der Waals surface area contributed by atoms with Gasteiger partial charge in [-0.25, -0.2) is 0 Å². The third kappa shape index (κ3) is 3.93. The van der Waals surface area contributed by atoms with Crippen LogP contribution >= 0.6 is 0 Å². The van der Waals surface area contributed by atoms with Crippen molar-refractivity contribution in [2.24, 2.45) is 5.73 Å². The molecule has 0 aromatic carbocycles. The van der Waals surface area contributed by atoms with Crippen LogP contribution in [0.25, 0.3) is 0 Å². The highest BCUT2D eigenvalue weighted by Gasteiger charge is 2.22. The summed E-state index contributed by atoms with van der Waals surface area (Å²) in [6.07, 6.45) is 2.14. The van der Waals surface area contributed by atoms with Gasteiger partial charge in [0.15, 0.2) is 5.78 Å². The first kappa shape index (κ1) is 13.8. The SMILES string of the molecule is CC(C)(N)C(=O)Cc1ccc(C(C)(C)C)cn1. The Labute approximate surface area is 103 Å². The van der Waals surface area contributed by atoms with Gasteiger partial charge in [0, 0.05) is 11.9 Å². The third-order valence-corrected chi connectivity index (χ3v) is 2.75. The fourth-order valence-corrected chi connectivity index (χ4v) is 1.37. The zero-order valence-corrected chi connectivity index (χ0v) is 11.4. The highest BCUT2D eigenvalue weighted by molar-refractivity contribution is 5.88. The Kier molecular flexibility index (Phi) is 3.72. The second-order valence-corrected chi connectivity index (χ2v) is 6.11. The Balaban J connectivity index is 2.80. The summed E-state index contributed by atoms with van der Waals surface area (Å²) < 4.78 is 0. The first-order valence-electron chi connectivity index (χ1n) is 5.88. The normalized spacial score (nSPS) is 12.6. The molecule has 17 heavy (non-hydrogen) atoms. The lowest BCUT2D eigenvalue weighted by atomic mass is 9.88. The minimum absolute atomic E-state index is 0.00788. The van der Waals surface area contributed by atoms with Gasteiger partial charge in [-0.2, -0.15) is 0 Å². The van der Waals surface area contributed by atoms with Crippen molar-refractivity contribution in [3.05, 3.63) is 29.6 Å². The van der Waals surface area contributed by atoms with Crippen molar-refractivity contribution < 1.29 is 4.79 Å². The van der Waals surface area contributed by atoms with Crippen molar-refractivity contribution in [2.75, 3.05) is 0 Å². The molecule has 3 heteroatoms. The Bertz CT molecular complexity index is 394. The summed E-state index contributed by atoms with van der Waals surface area (Å²) in [6.45, 7) is 9.85. The maximum absolute atomic E-state index is 11.8. The molecule has 0 bridgehead atoms. The van der Waals surface area contributed by atoms with E-state index in [-0.39, 0.29) is 11.2 Å². The van der Waals surface area contributed by atoms with Crippen LogP contribution in [0, 0.1) is 0 Å². The van der Waals surface area contributed by atoms with E-state index in [1.165, 1.54) is 5.56 Å². The van der Waals surface area contributed by atoms with Crippen LogP contribution in [0.15, 0.2) is 18.3 Å². The van der Waals surface area contributed by atoms with Gasteiger partial charge in [0.2, 0.25) is 0 Å². The van der Waals surface area contributed by atoms with Gasteiger partial charge in [-0.3, -0.25) is 9.78 Å². The molecule has 1 heterocycles. The summed E-state index contributed by atoms with van der Waals surface area (Å²) in [5.41, 5.74) is 6.99. The number of Topliss-reactive ketones (excluding diaryl/α,β-unsaturated/α-hetero) is 1. The van der Waals surface area contributed by atoms with Crippen LogP contribution in [0.3, 0.4) is 0 Å². The van der Waals surface area contributed by atoms with E-state index in [4.69, 9.17) is 5.73 Å². The van der Waals surface area contributed by atoms with E-state index in [1.807, 2.05) is 18.3 Å². The molecule has 0 fully saturated rings. The van der Waals surface area contributed by atoms with E-state index < -0.39 is 5.54 Å². The molecule has 94 valence electrons. The van der Waals surface area contributed by atoms with Crippen LogP contribution in [-0.4, -0.2) is 16.3 Å². The molecule has 3 nitrogen and oxygen atoms in total. The first-order valence-corrected chi connectivity index (χ1v) is 5.88. The highest BCUT2D eigenvalue weighted by atomic mass is 16.1. The molecule has 0 saturated carbocycles. The molecule has 1 aromatic heterocycles. The zero-order chi connectivity index (χ0) is 13.3. The van der Waals surface area contributed by atoms with Crippen molar-refractivity contribution in [3.63, 3.8) is 0 Å². The van der Waals surface area contributed by atoms with E-state index in [0.29, 0.717) is 6.42 Å². The predicted molar refractivity (Wildman–Crippen MR) is 69.9 cm³/mol. The number of nitrogens with two attached hydrogens (primary N) is 1. The lowest BCUT2D eigenvalue weighted by molar-refractivity contribution is -0.122. The molecule has 0 aliphatic carbocycles. The largest absolute Gasteiger partial charge is 0.319 e. The Morgan fingerprint density at radius 2 is 1.82 bits per heavy atom. The summed E-state index contributed by atoms with van der Waals surface area (Å²) in [6, 6.07) is 3.93. The highest BCUT2D eigenvalue weighted by Crippen LogP contribution is 2.21. The van der Waals surface area contributed by atoms with Crippen molar-refractivity contribution >= 4 is 5.78 Å². The van der Waals surface area contributed by atoms with Crippen molar-refractivity contribution in [1.29, 1.82) is 0 Å². The van der Waals surface area contributed by atoms with E-state index in [0.717, 1.165) is 5.69 Å². The molecule has 0 atom stereocenters. The van der Waals surface area contributed by atoms with E-state index in [1.54, 1.807) is 13.8 Å². The predicted octanol–water partition coefficient (Wildman–Crippen LogP) is 2.23. The Hall–Kier alpha value is -1.22. The van der Waals surface area contributed by atoms with Crippen LogP contribution < -0.4 is 5.73 Å². The summed E-state index contributed by atoms with van der Waals surface area (Å²) >= 11 is 0. The fourth-order valence-electron chi connectivity index (χ4n) is 1.37. The molecule has 0 amide bonds. The standard InChI is InChI=1S/C14H22N2O/c1-13(2,3)10-6-7-11(16-9-10)8-12(17)14(4,5)15/h6-7,9H,8,15H2,1-5H3. The maximum Gasteiger partial charge on any atom is 0.158 e. The number of hydrogen-bond acceptors (Lipinski definition) is 3. The Morgan fingerprint density at radius 1 is 1.24 bits per heavy atom. The molecule has 2 N–H and O–H groups in total. The van der Waals surface area contributed by atoms with E-state index in [9.17, 15) is 4.79 Å². The van der Waals surface area contributed by atoms with Gasteiger partial charge < -0.3 is 5.73 Å². The summed E-state index contributed by atoms with van der Waals surface area (Å²) in [4.78, 5) is 16.1. The van der Waals surface area contributed by atoms with Gasteiger partial charge in [0.05, 0.1) is 12.0 Å². The maximum atomic E-state index is 11.8. The number of nitrogens with zero attached hydrogens (tertiary/aromatic N) is 1. The van der Waals surface area contributed by atoms with Crippen LogP contribution in [-0.2, 0) is 16.6 Å². The molecule has 0 saturated heterocycles. The van der Waals surface area contributed by atoms with Gasteiger partial charge in [-0.05, 0) is 30.9 Å². The minimum atomic E-state index is -0.787. The van der Waals surface area contributed by atoms with Crippen molar-refractivity contribution in [1.82, 2.24) is 4.98 Å². The number of pyridine rings is 1. The second-order valence-electron chi connectivity index (χ2n) is 6.11. The number of rotatable bonds is 3. The molecule has 0 aliphatic heterocycles. The van der Waals surface area contributed by atoms with Crippen LogP contribution in [0.4, 0.5) is 0 Å². The van der Waals surface area contributed by atoms with Crippen LogP contribution in [0.2, 0.25) is 0 Å². The summed E-state index contributed by atoms with van der Waals surface area (Å²) in [5, 5.41) is 0. The fraction of sp³-hybridized carbons (Fsp3) is 0.571. The molecular weight excluding hydrogens is 212 g/mol. The lowest BCUT2D eigenvalue weighted by Crippen LogP contribution is -2.42. The van der Waals surface area contributed by atoms with Crippen molar-refractivity contribution in [3.8, 4) is 0 Å². The molecule has 0 unspecified atom stereocenters.